The third kappa shape index (κ3) is 3.07. The van der Waals surface area contributed by atoms with Crippen LogP contribution in [0.3, 0.4) is 0 Å². The normalized spacial score (nSPS) is 18.1. The molecule has 0 spiro atoms. The predicted octanol–water partition coefficient (Wildman–Crippen LogP) is 4.78. The summed E-state index contributed by atoms with van der Waals surface area (Å²) in [5.74, 6) is 0. The smallest absolute Gasteiger partial charge is 0.0167 e. The van der Waals surface area contributed by atoms with E-state index < -0.39 is 0 Å². The molecule has 0 aliphatic heterocycles. The molecule has 0 radical (unpaired) electrons. The molecule has 1 aromatic heterocycles. The van der Waals surface area contributed by atoms with Crippen LogP contribution < -0.4 is 5.32 Å². The Balaban J connectivity index is 1.77. The lowest BCUT2D eigenvalue weighted by Gasteiger charge is -2.49. The van der Waals surface area contributed by atoms with E-state index in [1.807, 2.05) is 11.3 Å². The highest BCUT2D eigenvalue weighted by Crippen LogP contribution is 2.47. The van der Waals surface area contributed by atoms with Crippen molar-refractivity contribution >= 4 is 11.3 Å². The number of thiophene rings is 1. The number of hydrogen-bond donors (Lipinski definition) is 1. The maximum absolute atomic E-state index is 3.79. The van der Waals surface area contributed by atoms with E-state index in [0.29, 0.717) is 11.5 Å². The first kappa shape index (κ1) is 14.8. The van der Waals surface area contributed by atoms with E-state index in [9.17, 15) is 0 Å². The zero-order valence-electron chi connectivity index (χ0n) is 12.8. The van der Waals surface area contributed by atoms with Gasteiger partial charge >= 0.3 is 0 Å². The highest BCUT2D eigenvalue weighted by atomic mass is 32.1. The van der Waals surface area contributed by atoms with Gasteiger partial charge in [-0.25, -0.2) is 0 Å². The molecule has 1 unspecified atom stereocenters. The molecule has 1 heterocycles. The second-order valence-electron chi connectivity index (χ2n) is 6.10. The molecule has 21 heavy (non-hydrogen) atoms. The summed E-state index contributed by atoms with van der Waals surface area (Å²) in [5, 5.41) is 5.98. The zero-order valence-corrected chi connectivity index (χ0v) is 13.7. The number of hydrogen-bond acceptors (Lipinski definition) is 2. The summed E-state index contributed by atoms with van der Waals surface area (Å²) in [6, 6.07) is 16.2. The third-order valence-electron chi connectivity index (χ3n) is 4.97. The van der Waals surface area contributed by atoms with Gasteiger partial charge in [0, 0.05) is 16.3 Å². The van der Waals surface area contributed by atoms with Gasteiger partial charge in [0.1, 0.15) is 0 Å². The Labute approximate surface area is 132 Å². The lowest BCUT2D eigenvalue weighted by molar-refractivity contribution is 0.163. The van der Waals surface area contributed by atoms with Gasteiger partial charge in [0.15, 0.2) is 0 Å². The lowest BCUT2D eigenvalue weighted by Crippen LogP contribution is -2.53. The van der Waals surface area contributed by atoms with E-state index in [1.165, 1.54) is 42.5 Å². The van der Waals surface area contributed by atoms with Gasteiger partial charge < -0.3 is 5.32 Å². The minimum absolute atomic E-state index is 0.370. The van der Waals surface area contributed by atoms with Gasteiger partial charge in [-0.1, -0.05) is 49.7 Å². The molecule has 0 saturated heterocycles. The molecule has 1 atom stereocenters. The number of likely N-dealkylation sites (N-methyl/N-ethyl adjacent to an activating group) is 1. The molecule has 2 aromatic rings. The largest absolute Gasteiger partial charge is 0.313 e. The predicted molar refractivity (Wildman–Crippen MR) is 92.1 cm³/mol. The molecule has 1 fully saturated rings. The van der Waals surface area contributed by atoms with Crippen LogP contribution >= 0.6 is 11.3 Å². The van der Waals surface area contributed by atoms with Crippen LogP contribution in [0.1, 0.15) is 43.0 Å². The van der Waals surface area contributed by atoms with Crippen LogP contribution in [0.5, 0.6) is 0 Å². The Morgan fingerprint density at radius 3 is 2.52 bits per heavy atom. The second-order valence-corrected chi connectivity index (χ2v) is 7.14. The molecular formula is C19H25NS. The van der Waals surface area contributed by atoms with Crippen LogP contribution in [0, 0.1) is 0 Å². The molecular weight excluding hydrogens is 274 g/mol. The van der Waals surface area contributed by atoms with Crippen LogP contribution in [0.4, 0.5) is 0 Å². The highest BCUT2D eigenvalue weighted by Gasteiger charge is 2.44. The molecule has 1 aliphatic carbocycles. The van der Waals surface area contributed by atoms with Crippen molar-refractivity contribution in [3.8, 4) is 0 Å². The summed E-state index contributed by atoms with van der Waals surface area (Å²) in [7, 11) is 0. The van der Waals surface area contributed by atoms with Crippen molar-refractivity contribution in [3.05, 3.63) is 58.3 Å². The first-order chi connectivity index (χ1) is 10.3. The van der Waals surface area contributed by atoms with Crippen LogP contribution in [0.2, 0.25) is 0 Å². The molecule has 0 bridgehead atoms. The molecule has 1 N–H and O–H groups in total. The van der Waals surface area contributed by atoms with Crippen LogP contribution in [0.25, 0.3) is 0 Å². The van der Waals surface area contributed by atoms with Crippen LogP contribution in [-0.4, -0.2) is 12.6 Å². The number of benzene rings is 1. The van der Waals surface area contributed by atoms with Crippen molar-refractivity contribution in [2.45, 2.75) is 50.5 Å². The molecule has 0 amide bonds. The molecule has 112 valence electrons. The van der Waals surface area contributed by atoms with Crippen molar-refractivity contribution in [3.63, 3.8) is 0 Å². The number of aryl methyl sites for hydroxylation is 1. The summed E-state index contributed by atoms with van der Waals surface area (Å²) >= 11 is 1.89. The van der Waals surface area contributed by atoms with E-state index in [0.717, 1.165) is 6.54 Å². The summed E-state index contributed by atoms with van der Waals surface area (Å²) in [5.41, 5.74) is 1.91. The fourth-order valence-electron chi connectivity index (χ4n) is 3.73. The third-order valence-corrected chi connectivity index (χ3v) is 5.91. The van der Waals surface area contributed by atoms with E-state index in [2.05, 4.69) is 60.1 Å². The summed E-state index contributed by atoms with van der Waals surface area (Å²) in [6.45, 7) is 3.29. The van der Waals surface area contributed by atoms with Crippen molar-refractivity contribution in [2.75, 3.05) is 6.54 Å². The zero-order chi connectivity index (χ0) is 14.5. The first-order valence-corrected chi connectivity index (χ1v) is 9.04. The molecule has 3 rings (SSSR count). The van der Waals surface area contributed by atoms with Crippen molar-refractivity contribution in [2.24, 2.45) is 0 Å². The maximum atomic E-state index is 3.79. The summed E-state index contributed by atoms with van der Waals surface area (Å²) in [6.07, 6.45) is 6.47. The topological polar surface area (TPSA) is 12.0 Å². The van der Waals surface area contributed by atoms with E-state index in [4.69, 9.17) is 0 Å². The lowest BCUT2D eigenvalue weighted by atomic mass is 9.59. The fraction of sp³-hybridized carbons (Fsp3) is 0.474. The summed E-state index contributed by atoms with van der Waals surface area (Å²) in [4.78, 5) is 1.51. The Bertz CT molecular complexity index is 528. The minimum atomic E-state index is 0.370. The quantitative estimate of drug-likeness (QED) is 0.776. The second kappa shape index (κ2) is 6.76. The molecule has 1 aromatic carbocycles. The standard InChI is InChI=1S/C19H25NS/c1-2-20-18(12-11-17-10-6-15-21-17)19(13-7-14-19)16-8-4-3-5-9-16/h3-6,8-10,15,18,20H,2,7,11-14H2,1H3. The molecule has 1 aliphatic rings. The minimum Gasteiger partial charge on any atom is -0.313 e. The molecule has 1 saturated carbocycles. The van der Waals surface area contributed by atoms with Crippen LogP contribution in [0.15, 0.2) is 47.8 Å². The SMILES string of the molecule is CCNC(CCc1cccs1)C1(c2ccccc2)CCC1. The highest BCUT2D eigenvalue weighted by molar-refractivity contribution is 7.09. The molecule has 2 heteroatoms. The van der Waals surface area contributed by atoms with Gasteiger partial charge in [-0.3, -0.25) is 0 Å². The number of rotatable bonds is 7. The van der Waals surface area contributed by atoms with Gasteiger partial charge in [-0.05, 0) is 49.2 Å². The number of nitrogens with one attached hydrogen (secondary N) is 1. The van der Waals surface area contributed by atoms with E-state index in [1.54, 1.807) is 0 Å². The van der Waals surface area contributed by atoms with Gasteiger partial charge in [0.05, 0.1) is 0 Å². The van der Waals surface area contributed by atoms with Gasteiger partial charge in [0.25, 0.3) is 0 Å². The Hall–Kier alpha value is -1.12. The Morgan fingerprint density at radius 2 is 1.95 bits per heavy atom. The average Bonchev–Trinajstić information content (AvgIpc) is 2.98. The van der Waals surface area contributed by atoms with Crippen molar-refractivity contribution in [1.82, 2.24) is 5.32 Å². The van der Waals surface area contributed by atoms with Crippen molar-refractivity contribution in [1.29, 1.82) is 0 Å². The van der Waals surface area contributed by atoms with Crippen molar-refractivity contribution < 1.29 is 0 Å². The monoisotopic (exact) mass is 299 g/mol. The van der Waals surface area contributed by atoms with Gasteiger partial charge in [-0.2, -0.15) is 0 Å². The Kier molecular flexibility index (Phi) is 4.77. The summed E-state index contributed by atoms with van der Waals surface area (Å²) < 4.78 is 0. The average molecular weight is 299 g/mol. The Morgan fingerprint density at radius 1 is 1.14 bits per heavy atom. The van der Waals surface area contributed by atoms with Gasteiger partial charge in [0.2, 0.25) is 0 Å². The van der Waals surface area contributed by atoms with Crippen LogP contribution in [-0.2, 0) is 11.8 Å². The van der Waals surface area contributed by atoms with E-state index >= 15 is 0 Å². The molecule has 1 nitrogen and oxygen atoms in total. The fourth-order valence-corrected chi connectivity index (χ4v) is 4.45. The maximum Gasteiger partial charge on any atom is 0.0167 e. The van der Waals surface area contributed by atoms with E-state index in [-0.39, 0.29) is 0 Å². The first-order valence-electron chi connectivity index (χ1n) is 8.16. The van der Waals surface area contributed by atoms with Gasteiger partial charge in [-0.15, -0.1) is 11.3 Å².